The summed E-state index contributed by atoms with van der Waals surface area (Å²) in [5.74, 6) is 0.231. The summed E-state index contributed by atoms with van der Waals surface area (Å²) in [7, 11) is 0. The summed E-state index contributed by atoms with van der Waals surface area (Å²) in [4.78, 5) is 11.2. The van der Waals surface area contributed by atoms with Crippen LogP contribution >= 0.6 is 11.6 Å². The summed E-state index contributed by atoms with van der Waals surface area (Å²) in [5.41, 5.74) is 0.563. The Morgan fingerprint density at radius 2 is 2.50 bits per heavy atom. The van der Waals surface area contributed by atoms with Gasteiger partial charge in [-0.05, 0) is 12.8 Å². The zero-order valence-corrected chi connectivity index (χ0v) is 7.06. The van der Waals surface area contributed by atoms with E-state index >= 15 is 0 Å². The molecule has 64 valence electrons. The van der Waals surface area contributed by atoms with Crippen LogP contribution in [0, 0.1) is 5.92 Å². The van der Waals surface area contributed by atoms with Gasteiger partial charge in [0.05, 0.1) is 11.9 Å². The number of hydrogen-bond acceptors (Lipinski definition) is 2. The van der Waals surface area contributed by atoms with Crippen molar-refractivity contribution in [2.45, 2.75) is 12.8 Å². The number of carbonyl (C=O) groups excluding carboxylic acids is 1. The van der Waals surface area contributed by atoms with Gasteiger partial charge in [0, 0.05) is 5.92 Å². The number of aromatic amines is 1. The summed E-state index contributed by atoms with van der Waals surface area (Å²) >= 11 is 5.68. The minimum atomic E-state index is 0.0401. The van der Waals surface area contributed by atoms with E-state index < -0.39 is 0 Å². The van der Waals surface area contributed by atoms with Crippen molar-refractivity contribution in [3.05, 3.63) is 11.3 Å². The van der Waals surface area contributed by atoms with Crippen molar-refractivity contribution in [2.75, 3.05) is 5.32 Å². The molecule has 1 saturated carbocycles. The molecule has 0 aliphatic heterocycles. The molecule has 4 nitrogen and oxygen atoms in total. The zero-order chi connectivity index (χ0) is 8.55. The van der Waals surface area contributed by atoms with Crippen LogP contribution in [-0.4, -0.2) is 16.1 Å². The summed E-state index contributed by atoms with van der Waals surface area (Å²) < 4.78 is 0. The summed E-state index contributed by atoms with van der Waals surface area (Å²) in [6.07, 6.45) is 3.48. The Morgan fingerprint density at radius 3 is 3.00 bits per heavy atom. The Kier molecular flexibility index (Phi) is 1.77. The molecule has 1 aliphatic carbocycles. The fourth-order valence-corrected chi connectivity index (χ4v) is 1.08. The summed E-state index contributed by atoms with van der Waals surface area (Å²) in [5, 5.41) is 9.28. The number of hydrogen-bond donors (Lipinski definition) is 2. The van der Waals surface area contributed by atoms with E-state index in [1.165, 1.54) is 6.20 Å². The second-order valence-electron chi connectivity index (χ2n) is 2.86. The Hall–Kier alpha value is -1.03. The van der Waals surface area contributed by atoms with Gasteiger partial charge < -0.3 is 5.32 Å². The molecular formula is C7H8ClN3O. The maximum absolute atomic E-state index is 11.2. The zero-order valence-electron chi connectivity index (χ0n) is 6.30. The Balaban J connectivity index is 2.02. The van der Waals surface area contributed by atoms with Gasteiger partial charge in [-0.15, -0.1) is 0 Å². The van der Waals surface area contributed by atoms with E-state index in [1.807, 2.05) is 0 Å². The number of nitrogens with zero attached hydrogens (tertiary/aromatic N) is 1. The van der Waals surface area contributed by atoms with Crippen LogP contribution < -0.4 is 5.32 Å². The molecular weight excluding hydrogens is 178 g/mol. The van der Waals surface area contributed by atoms with E-state index in [-0.39, 0.29) is 11.8 Å². The van der Waals surface area contributed by atoms with Crippen molar-refractivity contribution in [3.8, 4) is 0 Å². The molecule has 0 radical (unpaired) electrons. The maximum Gasteiger partial charge on any atom is 0.227 e. The van der Waals surface area contributed by atoms with Crippen molar-refractivity contribution >= 4 is 23.2 Å². The van der Waals surface area contributed by atoms with Crippen LogP contribution in [0.3, 0.4) is 0 Å². The van der Waals surface area contributed by atoms with Crippen LogP contribution in [0.2, 0.25) is 5.15 Å². The molecule has 0 unspecified atom stereocenters. The van der Waals surface area contributed by atoms with E-state index in [2.05, 4.69) is 15.5 Å². The average molecular weight is 186 g/mol. The van der Waals surface area contributed by atoms with Gasteiger partial charge in [0.15, 0.2) is 0 Å². The van der Waals surface area contributed by atoms with Gasteiger partial charge in [0.25, 0.3) is 0 Å². The van der Waals surface area contributed by atoms with Gasteiger partial charge in [-0.25, -0.2) is 0 Å². The maximum atomic E-state index is 11.2. The second kappa shape index (κ2) is 2.79. The fraction of sp³-hybridized carbons (Fsp3) is 0.429. The number of H-pyrrole nitrogens is 1. The van der Waals surface area contributed by atoms with E-state index in [4.69, 9.17) is 11.6 Å². The third-order valence-corrected chi connectivity index (χ3v) is 2.09. The normalized spacial score (nSPS) is 16.1. The molecule has 0 saturated heterocycles. The van der Waals surface area contributed by atoms with E-state index in [0.29, 0.717) is 10.8 Å². The largest absolute Gasteiger partial charge is 0.322 e. The molecule has 1 fully saturated rings. The van der Waals surface area contributed by atoms with Crippen LogP contribution in [0.25, 0.3) is 0 Å². The van der Waals surface area contributed by atoms with E-state index in [1.54, 1.807) is 0 Å². The van der Waals surface area contributed by atoms with E-state index in [0.717, 1.165) is 12.8 Å². The highest BCUT2D eigenvalue weighted by Crippen LogP contribution is 2.30. The first-order valence-electron chi connectivity index (χ1n) is 3.77. The van der Waals surface area contributed by atoms with Crippen molar-refractivity contribution in [2.24, 2.45) is 5.92 Å². The summed E-state index contributed by atoms with van der Waals surface area (Å²) in [6.45, 7) is 0. The molecule has 12 heavy (non-hydrogen) atoms. The Morgan fingerprint density at radius 1 is 1.75 bits per heavy atom. The summed E-state index contributed by atoms with van der Waals surface area (Å²) in [6, 6.07) is 0. The van der Waals surface area contributed by atoms with Crippen LogP contribution in [0.1, 0.15) is 12.8 Å². The monoisotopic (exact) mass is 185 g/mol. The van der Waals surface area contributed by atoms with Crippen LogP contribution in [0.15, 0.2) is 6.20 Å². The van der Waals surface area contributed by atoms with Crippen LogP contribution in [-0.2, 0) is 4.79 Å². The minimum absolute atomic E-state index is 0.0401. The molecule has 0 spiro atoms. The number of amides is 1. The second-order valence-corrected chi connectivity index (χ2v) is 3.24. The highest BCUT2D eigenvalue weighted by atomic mass is 35.5. The van der Waals surface area contributed by atoms with Crippen molar-refractivity contribution in [1.82, 2.24) is 10.2 Å². The van der Waals surface area contributed by atoms with Crippen molar-refractivity contribution < 1.29 is 4.79 Å². The van der Waals surface area contributed by atoms with Gasteiger partial charge in [-0.2, -0.15) is 5.10 Å². The lowest BCUT2D eigenvalue weighted by atomic mass is 10.4. The van der Waals surface area contributed by atoms with Gasteiger partial charge >= 0.3 is 0 Å². The first kappa shape index (κ1) is 7.61. The molecule has 1 aromatic heterocycles. The molecule has 2 rings (SSSR count). The number of halogens is 1. The lowest BCUT2D eigenvalue weighted by molar-refractivity contribution is -0.117. The first-order valence-corrected chi connectivity index (χ1v) is 4.15. The van der Waals surface area contributed by atoms with Gasteiger partial charge in [-0.1, -0.05) is 11.6 Å². The first-order chi connectivity index (χ1) is 5.77. The predicted molar refractivity (Wildman–Crippen MR) is 45.0 cm³/mol. The highest BCUT2D eigenvalue weighted by molar-refractivity contribution is 6.32. The van der Waals surface area contributed by atoms with Crippen molar-refractivity contribution in [3.63, 3.8) is 0 Å². The number of aromatic nitrogens is 2. The predicted octanol–water partition coefficient (Wildman–Crippen LogP) is 1.41. The van der Waals surface area contributed by atoms with Gasteiger partial charge in [0.2, 0.25) is 5.91 Å². The Bertz CT molecular complexity index is 305. The van der Waals surface area contributed by atoms with E-state index in [9.17, 15) is 4.79 Å². The fourth-order valence-electron chi connectivity index (χ4n) is 0.938. The lowest BCUT2D eigenvalue weighted by Crippen LogP contribution is -2.12. The molecule has 5 heteroatoms. The molecule has 2 N–H and O–H groups in total. The van der Waals surface area contributed by atoms with Gasteiger partial charge in [0.1, 0.15) is 5.15 Å². The van der Waals surface area contributed by atoms with Crippen LogP contribution in [0.5, 0.6) is 0 Å². The molecule has 1 amide bonds. The molecule has 1 heterocycles. The number of nitrogens with one attached hydrogen (secondary N) is 2. The molecule has 0 bridgehead atoms. The third-order valence-electron chi connectivity index (χ3n) is 1.80. The van der Waals surface area contributed by atoms with Crippen molar-refractivity contribution in [1.29, 1.82) is 0 Å². The topological polar surface area (TPSA) is 57.8 Å². The SMILES string of the molecule is O=C(Nc1cn[nH]c1Cl)C1CC1. The molecule has 0 aromatic carbocycles. The number of anilines is 1. The Labute approximate surface area is 74.3 Å². The van der Waals surface area contributed by atoms with Gasteiger partial charge in [-0.3, -0.25) is 9.89 Å². The number of rotatable bonds is 2. The quantitative estimate of drug-likeness (QED) is 0.732. The highest BCUT2D eigenvalue weighted by Gasteiger charge is 2.30. The smallest absolute Gasteiger partial charge is 0.227 e. The average Bonchev–Trinajstić information content (AvgIpc) is 2.80. The molecule has 1 aliphatic rings. The lowest BCUT2D eigenvalue weighted by Gasteiger charge is -1.99. The van der Waals surface area contributed by atoms with Crippen LogP contribution in [0.4, 0.5) is 5.69 Å². The minimum Gasteiger partial charge on any atom is -0.322 e. The standard InChI is InChI=1S/C7H8ClN3O/c8-6-5(3-9-11-6)10-7(12)4-1-2-4/h3-4H,1-2H2,(H,9,11)(H,10,12). The molecule has 1 aromatic rings. The third kappa shape index (κ3) is 1.43. The number of carbonyl (C=O) groups is 1. The molecule has 0 atom stereocenters.